The first-order valence-corrected chi connectivity index (χ1v) is 8.54. The average molecular weight is 382 g/mol. The summed E-state index contributed by atoms with van der Waals surface area (Å²) >= 11 is 0. The van der Waals surface area contributed by atoms with Gasteiger partial charge in [0, 0.05) is 23.3 Å². The minimum Gasteiger partial charge on any atom is -0.480 e. The quantitative estimate of drug-likeness (QED) is 0.156. The Balaban J connectivity index is 2.14. The second kappa shape index (κ2) is 8.51. The van der Waals surface area contributed by atoms with E-state index in [1.807, 2.05) is 36.4 Å². The van der Waals surface area contributed by atoms with Gasteiger partial charge in [0.2, 0.25) is 5.78 Å². The first-order valence-electron chi connectivity index (χ1n) is 8.54. The lowest BCUT2D eigenvalue weighted by atomic mass is 9.98. The van der Waals surface area contributed by atoms with Crippen molar-refractivity contribution < 1.29 is 14.5 Å². The Kier molecular flexibility index (Phi) is 5.68. The Morgan fingerprint density at radius 2 is 1.97 bits per heavy atom. The van der Waals surface area contributed by atoms with Gasteiger partial charge in [-0.1, -0.05) is 48.4 Å². The second-order valence-electron chi connectivity index (χ2n) is 6.00. The van der Waals surface area contributed by atoms with Crippen LogP contribution in [0.5, 0.6) is 5.75 Å². The van der Waals surface area contributed by atoms with Gasteiger partial charge in [-0.15, -0.1) is 6.42 Å². The number of carbonyl (C=O) groups excluding carboxylic acids is 1. The third-order valence-electron chi connectivity index (χ3n) is 4.21. The molecular weight excluding hydrogens is 368 g/mol. The van der Waals surface area contributed by atoms with Gasteiger partial charge in [0.25, 0.3) is 5.69 Å². The molecule has 3 aromatic carbocycles. The van der Waals surface area contributed by atoms with Crippen LogP contribution in [0.4, 0.5) is 5.69 Å². The molecule has 0 aliphatic carbocycles. The number of ketones is 1. The monoisotopic (exact) mass is 382 g/mol. The lowest BCUT2D eigenvalue weighted by Crippen LogP contribution is -2.03. The molecule has 0 heterocycles. The maximum Gasteiger partial charge on any atom is 0.270 e. The number of Topliss-reactive ketones (excluding diaryl/α,β-unsaturated/α-hetero) is 1. The molecule has 0 radical (unpaired) electrons. The molecule has 3 rings (SSSR count). The second-order valence-corrected chi connectivity index (χ2v) is 6.00. The van der Waals surface area contributed by atoms with E-state index < -0.39 is 10.7 Å². The van der Waals surface area contributed by atoms with Gasteiger partial charge >= 0.3 is 0 Å². The van der Waals surface area contributed by atoms with E-state index in [2.05, 4.69) is 5.92 Å². The molecule has 0 amide bonds. The van der Waals surface area contributed by atoms with Gasteiger partial charge in [-0.05, 0) is 22.9 Å². The summed E-state index contributed by atoms with van der Waals surface area (Å²) in [4.78, 5) is 23.2. The molecule has 29 heavy (non-hydrogen) atoms. The Labute approximate surface area is 166 Å². The van der Waals surface area contributed by atoms with E-state index in [9.17, 15) is 20.2 Å². The zero-order valence-corrected chi connectivity index (χ0v) is 15.2. The van der Waals surface area contributed by atoms with Crippen molar-refractivity contribution in [1.29, 1.82) is 5.26 Å². The fourth-order valence-corrected chi connectivity index (χ4v) is 2.88. The summed E-state index contributed by atoms with van der Waals surface area (Å²) in [6.45, 7) is 0.0277. The van der Waals surface area contributed by atoms with Crippen LogP contribution in [0.25, 0.3) is 16.8 Å². The summed E-state index contributed by atoms with van der Waals surface area (Å²) in [5.41, 5.74) is 0.191. The van der Waals surface area contributed by atoms with Gasteiger partial charge in [0.1, 0.15) is 24.0 Å². The van der Waals surface area contributed by atoms with Crippen LogP contribution in [-0.4, -0.2) is 17.3 Å². The number of carbonyl (C=O) groups is 1. The van der Waals surface area contributed by atoms with Crippen molar-refractivity contribution in [2.24, 2.45) is 0 Å². The molecule has 0 bridgehead atoms. The first kappa shape index (κ1) is 19.3. The van der Waals surface area contributed by atoms with Crippen LogP contribution < -0.4 is 4.74 Å². The van der Waals surface area contributed by atoms with Crippen LogP contribution in [-0.2, 0) is 0 Å². The highest BCUT2D eigenvalue weighted by Gasteiger charge is 2.17. The number of hydrogen-bond donors (Lipinski definition) is 0. The smallest absolute Gasteiger partial charge is 0.270 e. The minimum absolute atomic E-state index is 0.0277. The molecule has 6 heteroatoms. The molecule has 0 unspecified atom stereocenters. The lowest BCUT2D eigenvalue weighted by molar-refractivity contribution is -0.384. The van der Waals surface area contributed by atoms with Gasteiger partial charge in [-0.25, -0.2) is 0 Å². The minimum atomic E-state index is -0.618. The van der Waals surface area contributed by atoms with Gasteiger partial charge < -0.3 is 4.74 Å². The van der Waals surface area contributed by atoms with Crippen LogP contribution in [0.2, 0.25) is 0 Å². The summed E-state index contributed by atoms with van der Waals surface area (Å²) in [7, 11) is 0. The number of allylic oxidation sites excluding steroid dienone is 1. The van der Waals surface area contributed by atoms with Gasteiger partial charge in [0.15, 0.2) is 0 Å². The number of non-ortho nitro benzene ring substituents is 1. The van der Waals surface area contributed by atoms with Crippen molar-refractivity contribution in [3.8, 4) is 24.2 Å². The highest BCUT2D eigenvalue weighted by Crippen LogP contribution is 2.31. The molecule has 0 aliphatic rings. The SMILES string of the molecule is C#CCOc1ccc2ccccc2c1C=C(C#N)C(=O)c1cccc([N+](=O)[O-])c1. The summed E-state index contributed by atoms with van der Waals surface area (Å²) in [6.07, 6.45) is 6.70. The van der Waals surface area contributed by atoms with Crippen LogP contribution in [0, 0.1) is 33.8 Å². The van der Waals surface area contributed by atoms with E-state index in [4.69, 9.17) is 11.2 Å². The number of fused-ring (bicyclic) bond motifs is 1. The molecule has 0 aliphatic heterocycles. The Bertz CT molecular complexity index is 1230. The number of rotatable bonds is 6. The number of nitro groups is 1. The van der Waals surface area contributed by atoms with Gasteiger partial charge in [0.05, 0.1) is 4.92 Å². The first-order chi connectivity index (χ1) is 14.0. The summed E-state index contributed by atoms with van der Waals surface area (Å²) in [6, 6.07) is 18.2. The molecule has 140 valence electrons. The average Bonchev–Trinajstić information content (AvgIpc) is 2.76. The van der Waals surface area contributed by atoms with Crippen molar-refractivity contribution in [2.75, 3.05) is 6.61 Å². The normalized spacial score (nSPS) is 10.8. The standard InChI is InChI=1S/C23H14N2O4/c1-2-12-29-22-11-10-16-6-3-4-9-20(16)21(22)14-18(15-24)23(26)17-7-5-8-19(13-17)25(27)28/h1,3-11,13-14H,12H2. The third-order valence-corrected chi connectivity index (χ3v) is 4.21. The van der Waals surface area contributed by atoms with Crippen LogP contribution >= 0.6 is 0 Å². The summed E-state index contributed by atoms with van der Waals surface area (Å²) in [5.74, 6) is 2.20. The molecule has 3 aromatic rings. The maximum atomic E-state index is 12.8. The van der Waals surface area contributed by atoms with Crippen LogP contribution in [0.15, 0.2) is 66.2 Å². The molecule has 0 fully saturated rings. The van der Waals surface area contributed by atoms with E-state index in [0.29, 0.717) is 11.3 Å². The van der Waals surface area contributed by atoms with E-state index in [1.54, 1.807) is 6.07 Å². The van der Waals surface area contributed by atoms with E-state index in [1.165, 1.54) is 24.3 Å². The van der Waals surface area contributed by atoms with Crippen LogP contribution in [0.1, 0.15) is 15.9 Å². The Morgan fingerprint density at radius 1 is 1.17 bits per heavy atom. The van der Waals surface area contributed by atoms with Gasteiger partial charge in [-0.3, -0.25) is 14.9 Å². The fraction of sp³-hybridized carbons (Fsp3) is 0.0435. The number of hydrogen-bond acceptors (Lipinski definition) is 5. The Hall–Kier alpha value is -4.42. The van der Waals surface area contributed by atoms with Crippen molar-refractivity contribution >= 4 is 28.3 Å². The Morgan fingerprint density at radius 3 is 2.69 bits per heavy atom. The summed E-state index contributed by atoms with van der Waals surface area (Å²) < 4.78 is 5.59. The largest absolute Gasteiger partial charge is 0.480 e. The molecule has 0 saturated carbocycles. The van der Waals surface area contributed by atoms with Crippen LogP contribution in [0.3, 0.4) is 0 Å². The predicted octanol–water partition coefficient (Wildman–Crippen LogP) is 4.55. The highest BCUT2D eigenvalue weighted by atomic mass is 16.6. The number of benzene rings is 3. The van der Waals surface area contributed by atoms with Crippen molar-refractivity contribution in [3.05, 3.63) is 87.5 Å². The number of nitrogens with zero attached hydrogens (tertiary/aromatic N) is 2. The van der Waals surface area contributed by atoms with Crippen molar-refractivity contribution in [3.63, 3.8) is 0 Å². The van der Waals surface area contributed by atoms with Crippen molar-refractivity contribution in [2.45, 2.75) is 0 Å². The highest BCUT2D eigenvalue weighted by molar-refractivity contribution is 6.15. The zero-order valence-electron chi connectivity index (χ0n) is 15.2. The summed E-state index contributed by atoms with van der Waals surface area (Å²) in [5, 5.41) is 22.2. The molecular formula is C23H14N2O4. The molecule has 0 aromatic heterocycles. The molecule has 0 atom stereocenters. The van der Waals surface area contributed by atoms with E-state index in [0.717, 1.165) is 16.8 Å². The third kappa shape index (κ3) is 4.13. The number of terminal acetylenes is 1. The zero-order chi connectivity index (χ0) is 20.8. The van der Waals surface area contributed by atoms with E-state index in [-0.39, 0.29) is 23.4 Å². The van der Waals surface area contributed by atoms with Gasteiger partial charge in [-0.2, -0.15) is 5.26 Å². The molecule has 0 N–H and O–H groups in total. The van der Waals surface area contributed by atoms with Crippen molar-refractivity contribution in [1.82, 2.24) is 0 Å². The number of nitro benzene ring substituents is 1. The number of ether oxygens (including phenoxy) is 1. The lowest BCUT2D eigenvalue weighted by Gasteiger charge is -2.11. The molecule has 6 nitrogen and oxygen atoms in total. The van der Waals surface area contributed by atoms with E-state index >= 15 is 0 Å². The maximum absolute atomic E-state index is 12.8. The fourth-order valence-electron chi connectivity index (χ4n) is 2.88. The molecule has 0 spiro atoms. The molecule has 0 saturated heterocycles. The number of nitriles is 1. The predicted molar refractivity (Wildman–Crippen MR) is 109 cm³/mol. The topological polar surface area (TPSA) is 93.2 Å².